The molecule has 0 unspecified atom stereocenters. The molecule has 0 aliphatic carbocycles. The van der Waals surface area contributed by atoms with Gasteiger partial charge < -0.3 is 15.6 Å². The molecule has 32 heavy (non-hydrogen) atoms. The van der Waals surface area contributed by atoms with Crippen molar-refractivity contribution in [2.24, 2.45) is 5.73 Å². The van der Waals surface area contributed by atoms with Gasteiger partial charge in [-0.2, -0.15) is 0 Å². The Balaban J connectivity index is 0.00000289. The summed E-state index contributed by atoms with van der Waals surface area (Å²) in [5, 5.41) is 7.86. The van der Waals surface area contributed by atoms with Crippen LogP contribution in [0.1, 0.15) is 50.3 Å². The van der Waals surface area contributed by atoms with Gasteiger partial charge in [-0.3, -0.25) is 14.5 Å². The van der Waals surface area contributed by atoms with Crippen molar-refractivity contribution in [3.63, 3.8) is 0 Å². The average Bonchev–Trinajstić information content (AvgIpc) is 3.28. The Morgan fingerprint density at radius 2 is 2.06 bits per heavy atom. The van der Waals surface area contributed by atoms with Gasteiger partial charge in [-0.25, -0.2) is 0 Å². The summed E-state index contributed by atoms with van der Waals surface area (Å²) < 4.78 is 5.30. The van der Waals surface area contributed by atoms with Crippen LogP contribution >= 0.6 is 35.3 Å². The lowest BCUT2D eigenvalue weighted by Crippen LogP contribution is -2.31. The number of rotatable bonds is 6. The van der Waals surface area contributed by atoms with E-state index in [1.807, 2.05) is 6.07 Å². The van der Waals surface area contributed by atoms with Gasteiger partial charge >= 0.3 is 0 Å². The Bertz CT molecular complexity index is 1160. The summed E-state index contributed by atoms with van der Waals surface area (Å²) in [6.45, 7) is 6.42. The smallest absolute Gasteiger partial charge is 0.262 e. The van der Waals surface area contributed by atoms with Crippen LogP contribution in [0.5, 0.6) is 0 Å². The second-order valence-electron chi connectivity index (χ2n) is 7.49. The fourth-order valence-corrected chi connectivity index (χ4v) is 5.47. The first kappa shape index (κ1) is 24.3. The third kappa shape index (κ3) is 4.54. The van der Waals surface area contributed by atoms with E-state index in [0.29, 0.717) is 32.6 Å². The van der Waals surface area contributed by atoms with Gasteiger partial charge in [-0.1, -0.05) is 41.9 Å². The zero-order valence-corrected chi connectivity index (χ0v) is 20.1. The van der Waals surface area contributed by atoms with E-state index >= 15 is 0 Å². The molecule has 4 rings (SSSR count). The van der Waals surface area contributed by atoms with Gasteiger partial charge in [0.15, 0.2) is 0 Å². The maximum atomic E-state index is 13.2. The fourth-order valence-electron chi connectivity index (χ4n) is 3.95. The summed E-state index contributed by atoms with van der Waals surface area (Å²) in [4.78, 5) is 28.9. The van der Waals surface area contributed by atoms with Gasteiger partial charge in [0.05, 0.1) is 10.6 Å². The minimum Gasteiger partial charge on any atom is -0.365 e. The number of halogens is 2. The second kappa shape index (κ2) is 10.0. The van der Waals surface area contributed by atoms with E-state index in [4.69, 9.17) is 21.9 Å². The number of amides is 2. The van der Waals surface area contributed by atoms with Gasteiger partial charge in [-0.15, -0.1) is 23.7 Å². The molecule has 1 aromatic carbocycles. The number of hydrogen-bond acceptors (Lipinski definition) is 6. The maximum absolute atomic E-state index is 13.2. The van der Waals surface area contributed by atoms with Gasteiger partial charge in [0.2, 0.25) is 0 Å². The summed E-state index contributed by atoms with van der Waals surface area (Å²) in [5.74, 6) is -0.589. The van der Waals surface area contributed by atoms with Crippen LogP contribution in [0.15, 0.2) is 28.8 Å². The number of anilines is 1. The van der Waals surface area contributed by atoms with E-state index in [9.17, 15) is 9.59 Å². The normalized spacial score (nSPS) is 13.3. The van der Waals surface area contributed by atoms with Crippen LogP contribution < -0.4 is 11.1 Å². The number of nitrogens with one attached hydrogen (secondary N) is 1. The van der Waals surface area contributed by atoms with Crippen molar-refractivity contribution in [2.45, 2.75) is 33.2 Å². The highest BCUT2D eigenvalue weighted by atomic mass is 35.5. The van der Waals surface area contributed by atoms with E-state index in [1.165, 1.54) is 11.3 Å². The molecule has 7 nitrogen and oxygen atoms in total. The largest absolute Gasteiger partial charge is 0.365 e. The van der Waals surface area contributed by atoms with Gasteiger partial charge in [0.1, 0.15) is 22.0 Å². The van der Waals surface area contributed by atoms with Crippen LogP contribution in [0.4, 0.5) is 5.00 Å². The number of aromatic nitrogens is 1. The number of carbonyl (C=O) groups is 2. The molecule has 3 N–H and O–H groups in total. The van der Waals surface area contributed by atoms with Crippen LogP contribution in [0.25, 0.3) is 11.3 Å². The van der Waals surface area contributed by atoms with Crippen LogP contribution in [-0.2, 0) is 13.0 Å². The van der Waals surface area contributed by atoms with E-state index in [1.54, 1.807) is 25.1 Å². The molecule has 10 heteroatoms. The summed E-state index contributed by atoms with van der Waals surface area (Å²) in [7, 11) is 0. The lowest BCUT2D eigenvalue weighted by atomic mass is 10.0. The Kier molecular flexibility index (Phi) is 7.61. The standard InChI is InChI=1S/C22H23ClN4O3S.ClH/c1-3-9-27-10-8-14-16(11-27)31-22(18(14)20(24)28)25-21(29)17-12(2)30-26-19(17)13-6-4-5-7-15(13)23;/h4-7H,3,8-11H2,1-2H3,(H2,24,28)(H,25,29);1H. The molecule has 3 heterocycles. The molecular weight excluding hydrogens is 471 g/mol. The number of nitrogens with zero attached hydrogens (tertiary/aromatic N) is 2. The van der Waals surface area contributed by atoms with Crippen molar-refractivity contribution >= 4 is 52.2 Å². The van der Waals surface area contributed by atoms with Crippen molar-refractivity contribution in [1.29, 1.82) is 0 Å². The number of nitrogens with two attached hydrogens (primary N) is 1. The minimum absolute atomic E-state index is 0. The molecular formula is C22H24Cl2N4O3S. The van der Waals surface area contributed by atoms with E-state index in [0.717, 1.165) is 42.9 Å². The monoisotopic (exact) mass is 494 g/mol. The van der Waals surface area contributed by atoms with Gasteiger partial charge in [-0.05, 0) is 37.9 Å². The molecule has 0 atom stereocenters. The molecule has 1 aliphatic rings. The number of carbonyl (C=O) groups excluding carboxylic acids is 2. The van der Waals surface area contributed by atoms with Crippen molar-refractivity contribution in [1.82, 2.24) is 10.1 Å². The topological polar surface area (TPSA) is 101 Å². The Labute approximate surface area is 201 Å². The molecule has 1 aliphatic heterocycles. The molecule has 0 bridgehead atoms. The highest BCUT2D eigenvalue weighted by molar-refractivity contribution is 7.17. The Morgan fingerprint density at radius 1 is 1.31 bits per heavy atom. The molecule has 170 valence electrons. The first-order valence-electron chi connectivity index (χ1n) is 10.1. The summed E-state index contributed by atoms with van der Waals surface area (Å²) in [5.41, 5.74) is 8.27. The molecule has 0 fully saturated rings. The van der Waals surface area contributed by atoms with E-state index in [2.05, 4.69) is 22.3 Å². The Hall–Kier alpha value is -2.39. The first-order valence-corrected chi connectivity index (χ1v) is 11.3. The van der Waals surface area contributed by atoms with Crippen molar-refractivity contribution < 1.29 is 14.1 Å². The predicted octanol–water partition coefficient (Wildman–Crippen LogP) is 4.91. The molecule has 2 amide bonds. The van der Waals surface area contributed by atoms with Gasteiger partial charge in [0.25, 0.3) is 11.8 Å². The van der Waals surface area contributed by atoms with Crippen LogP contribution in [-0.4, -0.2) is 35.0 Å². The average molecular weight is 495 g/mol. The number of fused-ring (bicyclic) bond motifs is 1. The zero-order valence-electron chi connectivity index (χ0n) is 17.7. The van der Waals surface area contributed by atoms with E-state index < -0.39 is 11.8 Å². The summed E-state index contributed by atoms with van der Waals surface area (Å²) >= 11 is 7.71. The van der Waals surface area contributed by atoms with Crippen molar-refractivity contribution in [3.05, 3.63) is 56.6 Å². The first-order chi connectivity index (χ1) is 14.9. The maximum Gasteiger partial charge on any atom is 0.262 e. The van der Waals surface area contributed by atoms with Gasteiger partial charge in [0, 0.05) is 23.5 Å². The summed E-state index contributed by atoms with van der Waals surface area (Å²) in [6, 6.07) is 7.11. The second-order valence-corrected chi connectivity index (χ2v) is 9.01. The molecule has 2 aromatic heterocycles. The van der Waals surface area contributed by atoms with E-state index in [-0.39, 0.29) is 18.0 Å². The number of thiophene rings is 1. The molecule has 3 aromatic rings. The molecule has 0 spiro atoms. The van der Waals surface area contributed by atoms with Crippen LogP contribution in [0, 0.1) is 6.92 Å². The number of benzene rings is 1. The third-order valence-corrected chi connectivity index (χ3v) is 6.83. The third-order valence-electron chi connectivity index (χ3n) is 5.37. The number of primary amides is 1. The lowest BCUT2D eigenvalue weighted by Gasteiger charge is -2.26. The summed E-state index contributed by atoms with van der Waals surface area (Å²) in [6.07, 6.45) is 1.79. The lowest BCUT2D eigenvalue weighted by molar-refractivity contribution is 0.1000. The minimum atomic E-state index is -0.537. The van der Waals surface area contributed by atoms with Crippen molar-refractivity contribution in [2.75, 3.05) is 18.4 Å². The quantitative estimate of drug-likeness (QED) is 0.506. The molecule has 0 saturated carbocycles. The molecule has 0 saturated heterocycles. The highest BCUT2D eigenvalue weighted by Crippen LogP contribution is 2.38. The fraction of sp³-hybridized carbons (Fsp3) is 0.318. The predicted molar refractivity (Wildman–Crippen MR) is 129 cm³/mol. The molecule has 0 radical (unpaired) electrons. The van der Waals surface area contributed by atoms with Crippen molar-refractivity contribution in [3.8, 4) is 11.3 Å². The highest BCUT2D eigenvalue weighted by Gasteiger charge is 2.29. The zero-order chi connectivity index (χ0) is 22.1. The van der Waals surface area contributed by atoms with Crippen LogP contribution in [0.2, 0.25) is 5.02 Å². The Morgan fingerprint density at radius 3 is 2.75 bits per heavy atom. The number of aryl methyl sites for hydroxylation is 1. The number of hydrogen-bond donors (Lipinski definition) is 2. The van der Waals surface area contributed by atoms with Crippen LogP contribution in [0.3, 0.4) is 0 Å². The SMILES string of the molecule is CCCN1CCc2c(sc(NC(=O)c3c(-c4ccccc4Cl)noc3C)c2C(N)=O)C1.Cl.